The normalized spacial score (nSPS) is 20.1. The summed E-state index contributed by atoms with van der Waals surface area (Å²) >= 11 is 0. The lowest BCUT2D eigenvalue weighted by Gasteiger charge is -2.26. The molecule has 0 saturated heterocycles. The molecule has 2 aliphatic rings. The number of nitrogens with zero attached hydrogens (tertiary/aromatic N) is 1. The fourth-order valence-corrected chi connectivity index (χ4v) is 2.82. The quantitative estimate of drug-likeness (QED) is 0.825. The molecule has 0 radical (unpaired) electrons. The number of carbonyl (C=O) groups excluding carboxylic acids is 1. The Morgan fingerprint density at radius 2 is 1.95 bits per heavy atom. The first-order chi connectivity index (χ1) is 9.15. The average molecular weight is 258 g/mol. The average Bonchev–Trinajstić information content (AvgIpc) is 3.30. The highest BCUT2D eigenvalue weighted by Crippen LogP contribution is 2.50. The van der Waals surface area contributed by atoms with Gasteiger partial charge in [-0.2, -0.15) is 0 Å². The van der Waals surface area contributed by atoms with Crippen molar-refractivity contribution in [2.75, 3.05) is 18.8 Å². The molecule has 3 rings (SSSR count). The number of carbonyl (C=O) groups is 1. The van der Waals surface area contributed by atoms with Gasteiger partial charge in [0.15, 0.2) is 0 Å². The van der Waals surface area contributed by atoms with E-state index in [9.17, 15) is 4.79 Å². The van der Waals surface area contributed by atoms with Gasteiger partial charge in [-0.25, -0.2) is 0 Å². The van der Waals surface area contributed by atoms with Gasteiger partial charge < -0.3 is 10.6 Å². The molecule has 2 N–H and O–H groups in total. The van der Waals surface area contributed by atoms with Gasteiger partial charge in [-0.15, -0.1) is 0 Å². The number of nitrogen functional groups attached to an aromatic ring is 1. The molecule has 0 bridgehead atoms. The summed E-state index contributed by atoms with van der Waals surface area (Å²) in [5.74, 6) is 1.08. The summed E-state index contributed by atoms with van der Waals surface area (Å²) in [6.07, 6.45) is 4.55. The van der Waals surface area contributed by atoms with Crippen LogP contribution in [0.15, 0.2) is 24.3 Å². The van der Waals surface area contributed by atoms with E-state index in [1.165, 1.54) is 12.8 Å². The van der Waals surface area contributed by atoms with Crippen LogP contribution in [-0.4, -0.2) is 23.9 Å². The van der Waals surface area contributed by atoms with E-state index in [-0.39, 0.29) is 5.41 Å². The predicted octanol–water partition coefficient (Wildman–Crippen LogP) is 2.56. The van der Waals surface area contributed by atoms with Crippen LogP contribution in [0.1, 0.15) is 38.2 Å². The van der Waals surface area contributed by atoms with Crippen LogP contribution in [0, 0.1) is 5.92 Å². The lowest BCUT2D eigenvalue weighted by atomic mass is 9.94. The maximum atomic E-state index is 12.8. The molecule has 0 spiro atoms. The van der Waals surface area contributed by atoms with E-state index in [0.29, 0.717) is 5.91 Å². The zero-order chi connectivity index (χ0) is 13.5. The standard InChI is InChI=1S/C16H22N2O/c1-2-18(11-12-3-4-12)15(19)16(9-10-16)13-5-7-14(17)8-6-13/h5-8,12H,2-4,9-11,17H2,1H3. The third-order valence-corrected chi connectivity index (χ3v) is 4.47. The monoisotopic (exact) mass is 258 g/mol. The molecular weight excluding hydrogens is 236 g/mol. The molecule has 102 valence electrons. The van der Waals surface area contributed by atoms with E-state index in [0.717, 1.165) is 43.1 Å². The van der Waals surface area contributed by atoms with Crippen molar-refractivity contribution in [2.45, 2.75) is 38.0 Å². The Hall–Kier alpha value is -1.51. The molecule has 2 aliphatic carbocycles. The highest BCUT2D eigenvalue weighted by Gasteiger charge is 2.53. The first-order valence-corrected chi connectivity index (χ1v) is 7.31. The van der Waals surface area contributed by atoms with Crippen molar-refractivity contribution >= 4 is 11.6 Å². The van der Waals surface area contributed by atoms with Crippen LogP contribution in [0.3, 0.4) is 0 Å². The van der Waals surface area contributed by atoms with Gasteiger partial charge >= 0.3 is 0 Å². The van der Waals surface area contributed by atoms with E-state index >= 15 is 0 Å². The second-order valence-corrected chi connectivity index (χ2v) is 5.99. The third kappa shape index (κ3) is 2.34. The van der Waals surface area contributed by atoms with Gasteiger partial charge in [0.05, 0.1) is 5.41 Å². The third-order valence-electron chi connectivity index (χ3n) is 4.47. The summed E-state index contributed by atoms with van der Waals surface area (Å²) < 4.78 is 0. The highest BCUT2D eigenvalue weighted by molar-refractivity contribution is 5.91. The lowest BCUT2D eigenvalue weighted by Crippen LogP contribution is -2.40. The maximum absolute atomic E-state index is 12.8. The number of hydrogen-bond donors (Lipinski definition) is 1. The summed E-state index contributed by atoms with van der Waals surface area (Å²) in [5.41, 5.74) is 7.39. The van der Waals surface area contributed by atoms with Gasteiger partial charge in [-0.1, -0.05) is 12.1 Å². The van der Waals surface area contributed by atoms with Crippen molar-refractivity contribution in [2.24, 2.45) is 5.92 Å². The molecule has 3 nitrogen and oxygen atoms in total. The first-order valence-electron chi connectivity index (χ1n) is 7.31. The maximum Gasteiger partial charge on any atom is 0.233 e. The number of benzene rings is 1. The topological polar surface area (TPSA) is 46.3 Å². The summed E-state index contributed by atoms with van der Waals surface area (Å²) in [7, 11) is 0. The van der Waals surface area contributed by atoms with Crippen molar-refractivity contribution in [1.29, 1.82) is 0 Å². The first kappa shape index (κ1) is 12.5. The van der Waals surface area contributed by atoms with Gasteiger partial charge in [0.2, 0.25) is 5.91 Å². The van der Waals surface area contributed by atoms with Crippen LogP contribution in [0.4, 0.5) is 5.69 Å². The number of hydrogen-bond acceptors (Lipinski definition) is 2. The van der Waals surface area contributed by atoms with E-state index < -0.39 is 0 Å². The van der Waals surface area contributed by atoms with Gasteiger partial charge in [0.25, 0.3) is 0 Å². The molecule has 2 fully saturated rings. The fraction of sp³-hybridized carbons (Fsp3) is 0.562. The van der Waals surface area contributed by atoms with E-state index in [2.05, 4.69) is 11.8 Å². The lowest BCUT2D eigenvalue weighted by molar-refractivity contribution is -0.134. The summed E-state index contributed by atoms with van der Waals surface area (Å²) in [4.78, 5) is 14.9. The van der Waals surface area contributed by atoms with E-state index in [1.807, 2.05) is 24.3 Å². The molecule has 0 aromatic heterocycles. The van der Waals surface area contributed by atoms with E-state index in [4.69, 9.17) is 5.73 Å². The Kier molecular flexibility index (Phi) is 3.00. The van der Waals surface area contributed by atoms with E-state index in [1.54, 1.807) is 0 Å². The number of nitrogens with two attached hydrogens (primary N) is 1. The van der Waals surface area contributed by atoms with Crippen LogP contribution >= 0.6 is 0 Å². The minimum absolute atomic E-state index is 0.237. The molecule has 0 unspecified atom stereocenters. The molecule has 1 amide bonds. The molecular formula is C16H22N2O. The largest absolute Gasteiger partial charge is 0.399 e. The predicted molar refractivity (Wildman–Crippen MR) is 76.7 cm³/mol. The Bertz CT molecular complexity index is 472. The SMILES string of the molecule is CCN(CC1CC1)C(=O)C1(c2ccc(N)cc2)CC1. The van der Waals surface area contributed by atoms with Gasteiger partial charge in [0.1, 0.15) is 0 Å². The van der Waals surface area contributed by atoms with Gasteiger partial charge in [0, 0.05) is 18.8 Å². The number of likely N-dealkylation sites (N-methyl/N-ethyl adjacent to an activating group) is 1. The van der Waals surface area contributed by atoms with Crippen LogP contribution in [0.25, 0.3) is 0 Å². The Morgan fingerprint density at radius 1 is 1.32 bits per heavy atom. The smallest absolute Gasteiger partial charge is 0.233 e. The Balaban J connectivity index is 1.78. The minimum Gasteiger partial charge on any atom is -0.399 e. The summed E-state index contributed by atoms with van der Waals surface area (Å²) in [5, 5.41) is 0. The molecule has 3 heteroatoms. The zero-order valence-electron chi connectivity index (χ0n) is 11.6. The van der Waals surface area contributed by atoms with Crippen LogP contribution in [0.2, 0.25) is 0 Å². The van der Waals surface area contributed by atoms with Crippen molar-refractivity contribution in [3.8, 4) is 0 Å². The van der Waals surface area contributed by atoms with Crippen molar-refractivity contribution in [1.82, 2.24) is 4.90 Å². The van der Waals surface area contributed by atoms with Gasteiger partial charge in [-0.05, 0) is 56.2 Å². The highest BCUT2D eigenvalue weighted by atomic mass is 16.2. The van der Waals surface area contributed by atoms with Crippen molar-refractivity contribution < 1.29 is 4.79 Å². The van der Waals surface area contributed by atoms with Crippen LogP contribution in [-0.2, 0) is 10.2 Å². The van der Waals surface area contributed by atoms with Crippen molar-refractivity contribution in [3.05, 3.63) is 29.8 Å². The molecule has 19 heavy (non-hydrogen) atoms. The van der Waals surface area contributed by atoms with Crippen LogP contribution in [0.5, 0.6) is 0 Å². The minimum atomic E-state index is -0.237. The molecule has 1 aromatic rings. The Morgan fingerprint density at radius 3 is 2.42 bits per heavy atom. The van der Waals surface area contributed by atoms with Crippen LogP contribution < -0.4 is 5.73 Å². The van der Waals surface area contributed by atoms with Gasteiger partial charge in [-0.3, -0.25) is 4.79 Å². The summed E-state index contributed by atoms with van der Waals surface area (Å²) in [6, 6.07) is 7.84. The number of anilines is 1. The zero-order valence-corrected chi connectivity index (χ0v) is 11.6. The fourth-order valence-electron chi connectivity index (χ4n) is 2.82. The second kappa shape index (κ2) is 4.55. The molecule has 1 aromatic carbocycles. The Labute approximate surface area is 114 Å². The molecule has 2 saturated carbocycles. The number of rotatable bonds is 5. The summed E-state index contributed by atoms with van der Waals surface area (Å²) in [6.45, 7) is 3.86. The molecule has 0 heterocycles. The molecule has 0 atom stereocenters. The van der Waals surface area contributed by atoms with Crippen molar-refractivity contribution in [3.63, 3.8) is 0 Å². The second-order valence-electron chi connectivity index (χ2n) is 5.99. The number of amides is 1. The molecule has 0 aliphatic heterocycles.